The number of halogens is 1. The van der Waals surface area contributed by atoms with Crippen LogP contribution in [-0.4, -0.2) is 21.6 Å². The summed E-state index contributed by atoms with van der Waals surface area (Å²) in [7, 11) is 1.63. The molecular weight excluding hydrogens is 326 g/mol. The number of nitrogens with one attached hydrogen (secondary N) is 1. The number of nitrogens with zero attached hydrogens (tertiary/aromatic N) is 2. The van der Waals surface area contributed by atoms with Crippen molar-refractivity contribution >= 4 is 33.5 Å². The summed E-state index contributed by atoms with van der Waals surface area (Å²) in [5.41, 5.74) is 2.88. The molecule has 2 aromatic carbocycles. The van der Waals surface area contributed by atoms with E-state index < -0.39 is 0 Å². The van der Waals surface area contributed by atoms with Crippen LogP contribution in [0.5, 0.6) is 5.75 Å². The van der Waals surface area contributed by atoms with E-state index in [1.807, 2.05) is 48.5 Å². The minimum atomic E-state index is -0.208. The molecular formula is C18H14ClN3O2. The molecule has 0 saturated heterocycles. The van der Waals surface area contributed by atoms with Crippen LogP contribution < -0.4 is 10.4 Å². The summed E-state index contributed by atoms with van der Waals surface area (Å²) in [5, 5.41) is 1.19. The number of rotatable bonds is 3. The lowest BCUT2D eigenvalue weighted by Gasteiger charge is -2.07. The first-order valence-electron chi connectivity index (χ1n) is 7.47. The summed E-state index contributed by atoms with van der Waals surface area (Å²) in [4.78, 5) is 19.6. The number of pyridine rings is 1. The number of hydrogen-bond donors (Lipinski definition) is 1. The van der Waals surface area contributed by atoms with Gasteiger partial charge in [0.15, 0.2) is 5.15 Å². The van der Waals surface area contributed by atoms with Crippen LogP contribution in [0.2, 0.25) is 5.15 Å². The molecule has 0 amide bonds. The van der Waals surface area contributed by atoms with Crippen molar-refractivity contribution in [2.24, 2.45) is 0 Å². The van der Waals surface area contributed by atoms with Gasteiger partial charge in [0, 0.05) is 5.39 Å². The van der Waals surface area contributed by atoms with Gasteiger partial charge in [-0.2, -0.15) is 0 Å². The van der Waals surface area contributed by atoms with Gasteiger partial charge in [0.1, 0.15) is 11.3 Å². The Hall–Kier alpha value is -2.79. The highest BCUT2D eigenvalue weighted by Gasteiger charge is 2.15. The van der Waals surface area contributed by atoms with E-state index >= 15 is 0 Å². The number of ether oxygens (including phenoxy) is 1. The lowest BCUT2D eigenvalue weighted by atomic mass is 10.1. The lowest BCUT2D eigenvalue weighted by Crippen LogP contribution is -2.17. The summed E-state index contributed by atoms with van der Waals surface area (Å²) >= 11 is 6.25. The molecule has 0 atom stereocenters. The van der Waals surface area contributed by atoms with Crippen LogP contribution in [-0.2, 0) is 6.54 Å². The van der Waals surface area contributed by atoms with Crippen LogP contribution in [0.1, 0.15) is 5.56 Å². The average molecular weight is 340 g/mol. The van der Waals surface area contributed by atoms with Gasteiger partial charge in [-0.3, -0.25) is 4.57 Å². The minimum absolute atomic E-state index is 0.208. The van der Waals surface area contributed by atoms with Gasteiger partial charge in [-0.15, -0.1) is 0 Å². The van der Waals surface area contributed by atoms with Gasteiger partial charge in [-0.25, -0.2) is 9.78 Å². The maximum absolute atomic E-state index is 12.5. The second-order valence-electron chi connectivity index (χ2n) is 5.51. The molecule has 0 saturated carbocycles. The summed E-state index contributed by atoms with van der Waals surface area (Å²) < 4.78 is 6.86. The Kier molecular flexibility index (Phi) is 3.50. The standard InChI is InChI=1S/C18H14ClN3O2/c1-24-12-8-6-11(7-9-12)10-22-16-13-4-2-3-5-14(13)20-17(19)15(16)21-18(22)23/h2-9H,10H2,1H3,(H,21,23). The number of H-pyrrole nitrogens is 1. The fourth-order valence-electron chi connectivity index (χ4n) is 2.90. The number of fused-ring (bicyclic) bond motifs is 3. The van der Waals surface area contributed by atoms with Crippen molar-refractivity contribution < 1.29 is 4.74 Å². The zero-order chi connectivity index (χ0) is 16.7. The fraction of sp³-hybridized carbons (Fsp3) is 0.111. The normalized spacial score (nSPS) is 11.2. The van der Waals surface area contributed by atoms with E-state index in [1.165, 1.54) is 0 Å². The second kappa shape index (κ2) is 5.69. The number of benzene rings is 2. The third-order valence-electron chi connectivity index (χ3n) is 4.07. The van der Waals surface area contributed by atoms with Crippen LogP contribution in [0.3, 0.4) is 0 Å². The van der Waals surface area contributed by atoms with Crippen molar-refractivity contribution in [1.82, 2.24) is 14.5 Å². The van der Waals surface area contributed by atoms with E-state index in [2.05, 4.69) is 9.97 Å². The predicted molar refractivity (Wildman–Crippen MR) is 95.0 cm³/mol. The summed E-state index contributed by atoms with van der Waals surface area (Å²) in [6.45, 7) is 0.438. The molecule has 120 valence electrons. The maximum atomic E-state index is 12.5. The highest BCUT2D eigenvalue weighted by Crippen LogP contribution is 2.27. The van der Waals surface area contributed by atoms with E-state index in [0.29, 0.717) is 17.2 Å². The molecule has 4 rings (SSSR count). The molecule has 0 aliphatic carbocycles. The molecule has 0 spiro atoms. The van der Waals surface area contributed by atoms with Crippen LogP contribution in [0, 0.1) is 0 Å². The highest BCUT2D eigenvalue weighted by atomic mass is 35.5. The number of para-hydroxylation sites is 1. The molecule has 0 radical (unpaired) electrons. The minimum Gasteiger partial charge on any atom is -0.497 e. The lowest BCUT2D eigenvalue weighted by molar-refractivity contribution is 0.414. The predicted octanol–water partition coefficient (Wildman–Crippen LogP) is 3.59. The Labute approximate surface area is 142 Å². The summed E-state index contributed by atoms with van der Waals surface area (Å²) in [6.07, 6.45) is 0. The molecule has 6 heteroatoms. The quantitative estimate of drug-likeness (QED) is 0.580. The zero-order valence-electron chi connectivity index (χ0n) is 12.9. The van der Waals surface area contributed by atoms with Crippen molar-refractivity contribution in [3.05, 3.63) is 69.7 Å². The molecule has 0 aliphatic heterocycles. The first-order chi connectivity index (χ1) is 11.7. The van der Waals surface area contributed by atoms with Crippen molar-refractivity contribution in [3.8, 4) is 5.75 Å². The van der Waals surface area contributed by atoms with E-state index in [1.54, 1.807) is 11.7 Å². The third kappa shape index (κ3) is 2.34. The molecule has 2 heterocycles. The van der Waals surface area contributed by atoms with Gasteiger partial charge in [-0.05, 0) is 23.8 Å². The van der Waals surface area contributed by atoms with Gasteiger partial charge in [0.05, 0.1) is 24.7 Å². The number of imidazole rings is 1. The second-order valence-corrected chi connectivity index (χ2v) is 5.87. The van der Waals surface area contributed by atoms with Gasteiger partial charge >= 0.3 is 5.69 Å². The summed E-state index contributed by atoms with van der Waals surface area (Å²) in [6, 6.07) is 15.3. The number of aromatic nitrogens is 3. The van der Waals surface area contributed by atoms with Crippen LogP contribution in [0.25, 0.3) is 21.9 Å². The Morgan fingerprint density at radius 3 is 2.67 bits per heavy atom. The van der Waals surface area contributed by atoms with Crippen LogP contribution >= 0.6 is 11.6 Å². The SMILES string of the molecule is COc1ccc(Cn2c(=O)[nH]c3c(Cl)nc4ccccc4c32)cc1. The smallest absolute Gasteiger partial charge is 0.326 e. The number of aromatic amines is 1. The van der Waals surface area contributed by atoms with Crippen LogP contribution in [0.15, 0.2) is 53.3 Å². The van der Waals surface area contributed by atoms with E-state index in [0.717, 1.165) is 27.7 Å². The van der Waals surface area contributed by atoms with Crippen LogP contribution in [0.4, 0.5) is 0 Å². The van der Waals surface area contributed by atoms with Gasteiger partial charge < -0.3 is 9.72 Å². The molecule has 0 bridgehead atoms. The molecule has 5 nitrogen and oxygen atoms in total. The van der Waals surface area contributed by atoms with E-state index in [9.17, 15) is 4.79 Å². The van der Waals surface area contributed by atoms with Crippen molar-refractivity contribution in [2.45, 2.75) is 6.54 Å². The van der Waals surface area contributed by atoms with Crippen molar-refractivity contribution in [3.63, 3.8) is 0 Å². The Morgan fingerprint density at radius 2 is 1.92 bits per heavy atom. The zero-order valence-corrected chi connectivity index (χ0v) is 13.7. The van der Waals surface area contributed by atoms with E-state index in [4.69, 9.17) is 16.3 Å². The third-order valence-corrected chi connectivity index (χ3v) is 4.34. The topological polar surface area (TPSA) is 59.9 Å². The average Bonchev–Trinajstić information content (AvgIpc) is 2.93. The Balaban J connectivity index is 1.94. The first-order valence-corrected chi connectivity index (χ1v) is 7.85. The molecule has 1 N–H and O–H groups in total. The van der Waals surface area contributed by atoms with Gasteiger partial charge in [0.25, 0.3) is 0 Å². The molecule has 2 aromatic heterocycles. The highest BCUT2D eigenvalue weighted by molar-refractivity contribution is 6.35. The first kappa shape index (κ1) is 14.8. The largest absolute Gasteiger partial charge is 0.497 e. The van der Waals surface area contributed by atoms with E-state index in [-0.39, 0.29) is 5.69 Å². The molecule has 0 fully saturated rings. The number of hydrogen-bond acceptors (Lipinski definition) is 3. The maximum Gasteiger partial charge on any atom is 0.326 e. The molecule has 0 aliphatic rings. The molecule has 24 heavy (non-hydrogen) atoms. The van der Waals surface area contributed by atoms with Gasteiger partial charge in [0.2, 0.25) is 0 Å². The summed E-state index contributed by atoms with van der Waals surface area (Å²) in [5.74, 6) is 0.780. The van der Waals surface area contributed by atoms with Gasteiger partial charge in [-0.1, -0.05) is 41.9 Å². The Bertz CT molecular complexity index is 1100. The number of methoxy groups -OCH3 is 1. The molecule has 4 aromatic rings. The monoisotopic (exact) mass is 339 g/mol. The van der Waals surface area contributed by atoms with Crippen molar-refractivity contribution in [1.29, 1.82) is 0 Å². The Morgan fingerprint density at radius 1 is 1.17 bits per heavy atom. The molecule has 0 unspecified atom stereocenters. The van der Waals surface area contributed by atoms with Crippen molar-refractivity contribution in [2.75, 3.05) is 7.11 Å². The fourth-order valence-corrected chi connectivity index (χ4v) is 3.12.